The molecule has 0 spiro atoms. The van der Waals surface area contributed by atoms with Gasteiger partial charge in [-0.2, -0.15) is 10.2 Å². The van der Waals surface area contributed by atoms with Gasteiger partial charge in [0.15, 0.2) is 0 Å². The van der Waals surface area contributed by atoms with Crippen LogP contribution in [0.2, 0.25) is 0 Å². The largest absolute Gasteiger partial charge is 0.351 e. The molecule has 6 heteroatoms. The van der Waals surface area contributed by atoms with Crippen molar-refractivity contribution in [2.45, 2.75) is 33.2 Å². The van der Waals surface area contributed by atoms with Crippen LogP contribution in [0.4, 0.5) is 0 Å². The van der Waals surface area contributed by atoms with Gasteiger partial charge in [-0.25, -0.2) is 0 Å². The van der Waals surface area contributed by atoms with Crippen molar-refractivity contribution in [1.29, 1.82) is 0 Å². The first kappa shape index (κ1) is 16.6. The molecular formula is C20H23N5O. The molecule has 2 heterocycles. The van der Waals surface area contributed by atoms with Crippen molar-refractivity contribution >= 4 is 5.91 Å². The number of H-pyrrole nitrogens is 1. The summed E-state index contributed by atoms with van der Waals surface area (Å²) in [5, 5.41) is 14.6. The van der Waals surface area contributed by atoms with Gasteiger partial charge in [-0.05, 0) is 50.5 Å². The van der Waals surface area contributed by atoms with Gasteiger partial charge in [-0.15, -0.1) is 0 Å². The summed E-state index contributed by atoms with van der Waals surface area (Å²) < 4.78 is 1.95. The average molecular weight is 349 g/mol. The van der Waals surface area contributed by atoms with Gasteiger partial charge in [0.25, 0.3) is 5.91 Å². The molecule has 26 heavy (non-hydrogen) atoms. The monoisotopic (exact) mass is 349 g/mol. The van der Waals surface area contributed by atoms with Gasteiger partial charge in [0.2, 0.25) is 0 Å². The highest BCUT2D eigenvalue weighted by atomic mass is 16.1. The van der Waals surface area contributed by atoms with Crippen molar-refractivity contribution in [3.8, 4) is 11.1 Å². The summed E-state index contributed by atoms with van der Waals surface area (Å²) in [5.41, 5.74) is 5.02. The zero-order chi connectivity index (χ0) is 18.1. The fourth-order valence-electron chi connectivity index (χ4n) is 3.44. The molecule has 0 atom stereocenters. The molecule has 2 N–H and O–H groups in total. The van der Waals surface area contributed by atoms with Crippen LogP contribution in [0.25, 0.3) is 11.1 Å². The average Bonchev–Trinajstić information content (AvgIpc) is 3.04. The molecule has 3 aromatic rings. The third-order valence-corrected chi connectivity index (χ3v) is 5.20. The van der Waals surface area contributed by atoms with Gasteiger partial charge >= 0.3 is 0 Å². The van der Waals surface area contributed by atoms with Crippen molar-refractivity contribution in [3.63, 3.8) is 0 Å². The van der Waals surface area contributed by atoms with E-state index in [1.54, 1.807) is 6.20 Å². The molecule has 1 aliphatic rings. The van der Waals surface area contributed by atoms with E-state index < -0.39 is 0 Å². The Morgan fingerprint density at radius 1 is 1.27 bits per heavy atom. The molecule has 134 valence electrons. The fourth-order valence-corrected chi connectivity index (χ4v) is 3.44. The molecule has 0 radical (unpaired) electrons. The number of hydrogen-bond donors (Lipinski definition) is 2. The quantitative estimate of drug-likeness (QED) is 0.718. The molecular weight excluding hydrogens is 326 g/mol. The first-order chi connectivity index (χ1) is 12.6. The van der Waals surface area contributed by atoms with Crippen LogP contribution in [0.1, 0.15) is 34.6 Å². The van der Waals surface area contributed by atoms with Crippen LogP contribution in [-0.2, 0) is 6.54 Å². The Bertz CT molecular complexity index is 885. The maximum atomic E-state index is 12.5. The highest BCUT2D eigenvalue weighted by Gasteiger charge is 2.43. The van der Waals surface area contributed by atoms with Gasteiger partial charge in [0, 0.05) is 47.7 Å². The lowest BCUT2D eigenvalue weighted by Crippen LogP contribution is -2.32. The number of hydrogen-bond acceptors (Lipinski definition) is 3. The summed E-state index contributed by atoms with van der Waals surface area (Å²) >= 11 is 0. The summed E-state index contributed by atoms with van der Waals surface area (Å²) in [6.45, 7) is 5.53. The number of aromatic nitrogens is 4. The molecule has 0 aliphatic heterocycles. The number of nitrogens with zero attached hydrogens (tertiary/aromatic N) is 3. The number of carbonyl (C=O) groups excluding carboxylic acids is 1. The third-order valence-electron chi connectivity index (χ3n) is 5.20. The predicted molar refractivity (Wildman–Crippen MR) is 99.7 cm³/mol. The molecule has 1 aromatic carbocycles. The third kappa shape index (κ3) is 3.27. The van der Waals surface area contributed by atoms with Gasteiger partial charge in [0.1, 0.15) is 0 Å². The zero-order valence-electron chi connectivity index (χ0n) is 15.1. The van der Waals surface area contributed by atoms with E-state index in [1.807, 2.05) is 55.1 Å². The standard InChI is InChI=1S/C20H23N5O/c1-14-18(15(2)24-23-14)16-4-6-17(7-5-16)19(26)21-12-20(8-9-20)13-25-11-3-10-22-25/h3-7,10-11H,8-9,12-13H2,1-2H3,(H,21,26)(H,23,24). The van der Waals surface area contributed by atoms with Gasteiger partial charge in [-0.3, -0.25) is 14.6 Å². The normalized spacial score (nSPS) is 15.0. The Labute approximate surface area is 152 Å². The van der Waals surface area contributed by atoms with Gasteiger partial charge in [-0.1, -0.05) is 12.1 Å². The van der Waals surface area contributed by atoms with Crippen LogP contribution in [0.5, 0.6) is 0 Å². The number of aromatic amines is 1. The smallest absolute Gasteiger partial charge is 0.251 e. The zero-order valence-corrected chi connectivity index (χ0v) is 15.1. The molecule has 6 nitrogen and oxygen atoms in total. The van der Waals surface area contributed by atoms with E-state index >= 15 is 0 Å². The van der Waals surface area contributed by atoms with E-state index in [9.17, 15) is 4.79 Å². The molecule has 0 unspecified atom stereocenters. The van der Waals surface area contributed by atoms with E-state index in [-0.39, 0.29) is 11.3 Å². The molecule has 1 saturated carbocycles. The van der Waals surface area contributed by atoms with E-state index in [1.165, 1.54) is 0 Å². The Kier molecular flexibility index (Phi) is 4.11. The highest BCUT2D eigenvalue weighted by Crippen LogP contribution is 2.46. The van der Waals surface area contributed by atoms with Gasteiger partial charge < -0.3 is 5.32 Å². The molecule has 0 bridgehead atoms. The highest BCUT2D eigenvalue weighted by molar-refractivity contribution is 5.94. The van der Waals surface area contributed by atoms with Crippen LogP contribution in [-0.4, -0.2) is 32.4 Å². The minimum Gasteiger partial charge on any atom is -0.351 e. The molecule has 0 saturated heterocycles. The van der Waals surface area contributed by atoms with E-state index in [2.05, 4.69) is 20.6 Å². The van der Waals surface area contributed by atoms with Crippen molar-refractivity contribution in [1.82, 2.24) is 25.3 Å². The second kappa shape index (κ2) is 6.44. The lowest BCUT2D eigenvalue weighted by atomic mass is 10.0. The first-order valence-electron chi connectivity index (χ1n) is 8.94. The van der Waals surface area contributed by atoms with Crippen LogP contribution in [0.15, 0.2) is 42.7 Å². The Morgan fingerprint density at radius 2 is 2.04 bits per heavy atom. The number of rotatable bonds is 6. The van der Waals surface area contributed by atoms with E-state index in [4.69, 9.17) is 0 Å². The predicted octanol–water partition coefficient (Wildman–Crippen LogP) is 3.10. The molecule has 1 fully saturated rings. The van der Waals surface area contributed by atoms with Crippen molar-refractivity contribution in [2.24, 2.45) is 5.41 Å². The molecule has 1 amide bonds. The number of nitrogens with one attached hydrogen (secondary N) is 2. The van der Waals surface area contributed by atoms with Crippen molar-refractivity contribution < 1.29 is 4.79 Å². The van der Waals surface area contributed by atoms with Crippen molar-refractivity contribution in [3.05, 3.63) is 59.7 Å². The van der Waals surface area contributed by atoms with Crippen LogP contribution in [0, 0.1) is 19.3 Å². The Morgan fingerprint density at radius 3 is 2.62 bits per heavy atom. The molecule has 2 aromatic heterocycles. The second-order valence-corrected chi connectivity index (χ2v) is 7.27. The Hall–Kier alpha value is -2.89. The second-order valence-electron chi connectivity index (χ2n) is 7.27. The topological polar surface area (TPSA) is 75.6 Å². The fraction of sp³-hybridized carbons (Fsp3) is 0.350. The maximum Gasteiger partial charge on any atom is 0.251 e. The number of carbonyl (C=O) groups is 1. The lowest BCUT2D eigenvalue weighted by Gasteiger charge is -2.16. The first-order valence-corrected chi connectivity index (χ1v) is 8.94. The minimum absolute atomic E-state index is 0.0241. The lowest BCUT2D eigenvalue weighted by molar-refractivity contribution is 0.0942. The van der Waals surface area contributed by atoms with Crippen molar-refractivity contribution in [2.75, 3.05) is 6.54 Å². The SMILES string of the molecule is Cc1n[nH]c(C)c1-c1ccc(C(=O)NCC2(Cn3cccn3)CC2)cc1. The summed E-state index contributed by atoms with van der Waals surface area (Å²) in [5.74, 6) is -0.0241. The number of benzene rings is 1. The summed E-state index contributed by atoms with van der Waals surface area (Å²) in [6, 6.07) is 9.65. The minimum atomic E-state index is -0.0241. The summed E-state index contributed by atoms with van der Waals surface area (Å²) in [4.78, 5) is 12.5. The summed E-state index contributed by atoms with van der Waals surface area (Å²) in [7, 11) is 0. The summed E-state index contributed by atoms with van der Waals surface area (Å²) in [6.07, 6.45) is 6.02. The van der Waals surface area contributed by atoms with E-state index in [0.717, 1.165) is 41.9 Å². The Balaban J connectivity index is 1.39. The maximum absolute atomic E-state index is 12.5. The van der Waals surface area contributed by atoms with Crippen LogP contribution in [0.3, 0.4) is 0 Å². The molecule has 4 rings (SSSR count). The van der Waals surface area contributed by atoms with Gasteiger partial charge in [0.05, 0.1) is 5.69 Å². The number of aryl methyl sites for hydroxylation is 2. The molecule has 1 aliphatic carbocycles. The van der Waals surface area contributed by atoms with E-state index in [0.29, 0.717) is 12.1 Å². The van der Waals surface area contributed by atoms with Crippen LogP contribution < -0.4 is 5.32 Å². The number of amides is 1. The van der Waals surface area contributed by atoms with Crippen LogP contribution >= 0.6 is 0 Å².